The Morgan fingerprint density at radius 3 is 2.94 bits per heavy atom. The first kappa shape index (κ1) is 12.2. The summed E-state index contributed by atoms with van der Waals surface area (Å²) in [6.45, 7) is 0. The van der Waals surface area contributed by atoms with Crippen LogP contribution in [0.15, 0.2) is 35.7 Å². The minimum absolute atomic E-state index is 0.194. The summed E-state index contributed by atoms with van der Waals surface area (Å²) in [6.07, 6.45) is 2.85. The van der Waals surface area contributed by atoms with Crippen molar-refractivity contribution >= 4 is 22.9 Å². The SMILES string of the molecule is OC(c1ccccc1Cl)C1CCCc2sccc21. The Morgan fingerprint density at radius 1 is 1.28 bits per heavy atom. The molecule has 1 aromatic carbocycles. The maximum atomic E-state index is 10.6. The molecule has 0 saturated heterocycles. The molecule has 1 aliphatic carbocycles. The molecule has 1 N–H and O–H groups in total. The fourth-order valence-electron chi connectivity index (χ4n) is 2.78. The molecule has 3 heteroatoms. The van der Waals surface area contributed by atoms with Gasteiger partial charge in [-0.25, -0.2) is 0 Å². The van der Waals surface area contributed by atoms with E-state index in [0.29, 0.717) is 5.02 Å². The molecular formula is C15H15ClOS. The van der Waals surface area contributed by atoms with E-state index in [2.05, 4.69) is 11.4 Å². The minimum atomic E-state index is -0.493. The summed E-state index contributed by atoms with van der Waals surface area (Å²) in [4.78, 5) is 1.43. The predicted molar refractivity (Wildman–Crippen MR) is 76.4 cm³/mol. The zero-order valence-corrected chi connectivity index (χ0v) is 11.5. The molecule has 2 atom stereocenters. The van der Waals surface area contributed by atoms with E-state index < -0.39 is 6.10 Å². The molecule has 1 nitrogen and oxygen atoms in total. The number of aryl methyl sites for hydroxylation is 1. The van der Waals surface area contributed by atoms with Crippen LogP contribution in [0.4, 0.5) is 0 Å². The average molecular weight is 279 g/mol. The minimum Gasteiger partial charge on any atom is -0.388 e. The van der Waals surface area contributed by atoms with Crippen molar-refractivity contribution in [2.75, 3.05) is 0 Å². The third-order valence-corrected chi connectivity index (χ3v) is 5.04. The Labute approximate surface area is 116 Å². The molecule has 18 heavy (non-hydrogen) atoms. The molecule has 0 radical (unpaired) electrons. The molecule has 94 valence electrons. The zero-order chi connectivity index (χ0) is 12.5. The van der Waals surface area contributed by atoms with Gasteiger partial charge in [-0.05, 0) is 47.9 Å². The number of rotatable bonds is 2. The van der Waals surface area contributed by atoms with Gasteiger partial charge in [0.1, 0.15) is 0 Å². The smallest absolute Gasteiger partial charge is 0.0873 e. The summed E-state index contributed by atoms with van der Waals surface area (Å²) in [5.74, 6) is 0.194. The fourth-order valence-corrected chi connectivity index (χ4v) is 4.03. The highest BCUT2D eigenvalue weighted by atomic mass is 35.5. The van der Waals surface area contributed by atoms with Gasteiger partial charge in [0.2, 0.25) is 0 Å². The van der Waals surface area contributed by atoms with Crippen LogP contribution in [0.1, 0.15) is 40.9 Å². The lowest BCUT2D eigenvalue weighted by atomic mass is 9.81. The van der Waals surface area contributed by atoms with Crippen LogP contribution in [0.3, 0.4) is 0 Å². The van der Waals surface area contributed by atoms with E-state index in [9.17, 15) is 5.11 Å². The summed E-state index contributed by atoms with van der Waals surface area (Å²) < 4.78 is 0. The van der Waals surface area contributed by atoms with E-state index in [1.165, 1.54) is 10.4 Å². The number of halogens is 1. The number of thiophene rings is 1. The van der Waals surface area contributed by atoms with E-state index in [4.69, 9.17) is 11.6 Å². The topological polar surface area (TPSA) is 20.2 Å². The second-order valence-electron chi connectivity index (χ2n) is 4.76. The van der Waals surface area contributed by atoms with Crippen molar-refractivity contribution < 1.29 is 5.11 Å². The van der Waals surface area contributed by atoms with Crippen molar-refractivity contribution in [2.24, 2.45) is 0 Å². The molecule has 0 bridgehead atoms. The standard InChI is InChI=1S/C15H15ClOS/c16-13-6-2-1-4-12(13)15(17)11-5-3-7-14-10(11)8-9-18-14/h1-2,4,6,8-9,11,15,17H,3,5,7H2. The summed E-state index contributed by atoms with van der Waals surface area (Å²) in [7, 11) is 0. The number of aliphatic hydroxyl groups is 1. The molecule has 0 spiro atoms. The van der Waals surface area contributed by atoms with Crippen LogP contribution in [-0.4, -0.2) is 5.11 Å². The highest BCUT2D eigenvalue weighted by molar-refractivity contribution is 7.10. The van der Waals surface area contributed by atoms with Crippen LogP contribution < -0.4 is 0 Å². The lowest BCUT2D eigenvalue weighted by molar-refractivity contribution is 0.136. The third-order valence-electron chi connectivity index (χ3n) is 3.70. The Balaban J connectivity index is 1.95. The first-order valence-corrected chi connectivity index (χ1v) is 7.52. The van der Waals surface area contributed by atoms with Crippen LogP contribution in [0, 0.1) is 0 Å². The Hall–Kier alpha value is -0.830. The van der Waals surface area contributed by atoms with Gasteiger partial charge in [0.15, 0.2) is 0 Å². The van der Waals surface area contributed by atoms with Crippen molar-refractivity contribution in [3.05, 3.63) is 56.7 Å². The Kier molecular flexibility index (Phi) is 3.42. The van der Waals surface area contributed by atoms with Crippen LogP contribution in [0.5, 0.6) is 0 Å². The number of aliphatic hydroxyl groups excluding tert-OH is 1. The molecular weight excluding hydrogens is 264 g/mol. The molecule has 1 heterocycles. The van der Waals surface area contributed by atoms with Gasteiger partial charge in [0.05, 0.1) is 6.10 Å². The Morgan fingerprint density at radius 2 is 2.11 bits per heavy atom. The predicted octanol–water partition coefficient (Wildman–Crippen LogP) is 4.56. The lowest BCUT2D eigenvalue weighted by Crippen LogP contribution is -2.15. The van der Waals surface area contributed by atoms with Gasteiger partial charge in [0.25, 0.3) is 0 Å². The second kappa shape index (κ2) is 5.04. The van der Waals surface area contributed by atoms with Gasteiger partial charge in [-0.2, -0.15) is 0 Å². The van der Waals surface area contributed by atoms with Crippen LogP contribution in [0.25, 0.3) is 0 Å². The van der Waals surface area contributed by atoms with Gasteiger partial charge in [-0.3, -0.25) is 0 Å². The van der Waals surface area contributed by atoms with Crippen molar-refractivity contribution in [3.63, 3.8) is 0 Å². The summed E-state index contributed by atoms with van der Waals surface area (Å²) in [5, 5.41) is 13.4. The van der Waals surface area contributed by atoms with Gasteiger partial charge in [0, 0.05) is 15.8 Å². The number of hydrogen-bond donors (Lipinski definition) is 1. The first-order valence-electron chi connectivity index (χ1n) is 6.26. The van der Waals surface area contributed by atoms with Gasteiger partial charge in [-0.15, -0.1) is 11.3 Å². The highest BCUT2D eigenvalue weighted by Crippen LogP contribution is 2.43. The first-order chi connectivity index (χ1) is 8.77. The second-order valence-corrected chi connectivity index (χ2v) is 6.17. The van der Waals surface area contributed by atoms with Crippen molar-refractivity contribution in [3.8, 4) is 0 Å². The normalized spacial score (nSPS) is 20.4. The van der Waals surface area contributed by atoms with Crippen molar-refractivity contribution in [1.29, 1.82) is 0 Å². The Bertz CT molecular complexity index is 549. The monoisotopic (exact) mass is 278 g/mol. The van der Waals surface area contributed by atoms with Gasteiger partial charge in [-0.1, -0.05) is 29.8 Å². The number of hydrogen-bond acceptors (Lipinski definition) is 2. The van der Waals surface area contributed by atoms with Crippen LogP contribution in [0.2, 0.25) is 5.02 Å². The summed E-state index contributed by atoms with van der Waals surface area (Å²) >= 11 is 7.98. The van der Waals surface area contributed by atoms with Crippen molar-refractivity contribution in [2.45, 2.75) is 31.3 Å². The molecule has 0 fully saturated rings. The largest absolute Gasteiger partial charge is 0.388 e. The van der Waals surface area contributed by atoms with Crippen LogP contribution >= 0.6 is 22.9 Å². The molecule has 0 amide bonds. The third kappa shape index (κ3) is 2.09. The molecule has 1 aliphatic rings. The highest BCUT2D eigenvalue weighted by Gasteiger charge is 2.29. The van der Waals surface area contributed by atoms with Gasteiger partial charge >= 0.3 is 0 Å². The molecule has 0 saturated carbocycles. The molecule has 2 aromatic rings. The zero-order valence-electron chi connectivity index (χ0n) is 9.97. The molecule has 1 aromatic heterocycles. The average Bonchev–Trinajstić information content (AvgIpc) is 2.86. The van der Waals surface area contributed by atoms with E-state index in [1.807, 2.05) is 24.3 Å². The number of fused-ring (bicyclic) bond motifs is 1. The van der Waals surface area contributed by atoms with E-state index in [-0.39, 0.29) is 5.92 Å². The fraction of sp³-hybridized carbons (Fsp3) is 0.333. The van der Waals surface area contributed by atoms with E-state index in [1.54, 1.807) is 11.3 Å². The summed E-state index contributed by atoms with van der Waals surface area (Å²) in [6, 6.07) is 9.76. The summed E-state index contributed by atoms with van der Waals surface area (Å²) in [5.41, 5.74) is 2.17. The maximum Gasteiger partial charge on any atom is 0.0873 e. The lowest BCUT2D eigenvalue weighted by Gasteiger charge is -2.28. The molecule has 0 aliphatic heterocycles. The maximum absolute atomic E-state index is 10.6. The van der Waals surface area contributed by atoms with E-state index >= 15 is 0 Å². The van der Waals surface area contributed by atoms with Crippen LogP contribution in [-0.2, 0) is 6.42 Å². The molecule has 2 unspecified atom stereocenters. The van der Waals surface area contributed by atoms with E-state index in [0.717, 1.165) is 24.8 Å². The van der Waals surface area contributed by atoms with Gasteiger partial charge < -0.3 is 5.11 Å². The quantitative estimate of drug-likeness (QED) is 0.854. The van der Waals surface area contributed by atoms with Crippen molar-refractivity contribution in [1.82, 2.24) is 0 Å². The number of benzene rings is 1. The molecule has 3 rings (SSSR count).